The third-order valence-electron chi connectivity index (χ3n) is 2.77. The summed E-state index contributed by atoms with van der Waals surface area (Å²) < 4.78 is 5.28. The maximum absolute atomic E-state index is 9.37. The molecule has 17 heavy (non-hydrogen) atoms. The number of anilines is 1. The van der Waals surface area contributed by atoms with Gasteiger partial charge in [-0.25, -0.2) is 0 Å². The molecule has 1 aromatic rings. The Hall–Kier alpha value is -1.64. The number of hydrogen-bond donors (Lipinski definition) is 1. The summed E-state index contributed by atoms with van der Waals surface area (Å²) in [4.78, 5) is 6.25. The van der Waals surface area contributed by atoms with Crippen LogP contribution in [0.4, 0.5) is 5.69 Å². The predicted octanol–water partition coefficient (Wildman–Crippen LogP) is 0.864. The first kappa shape index (κ1) is 11.8. The summed E-state index contributed by atoms with van der Waals surface area (Å²) in [5.74, 6) is 0. The van der Waals surface area contributed by atoms with Gasteiger partial charge in [0, 0.05) is 6.54 Å². The second-order valence-electron chi connectivity index (χ2n) is 4.05. The number of nitriles is 1. The number of morpholine rings is 1. The van der Waals surface area contributed by atoms with Gasteiger partial charge in [0.1, 0.15) is 0 Å². The topological polar surface area (TPSA) is 69.4 Å². The summed E-state index contributed by atoms with van der Waals surface area (Å²) in [5.41, 5.74) is 1.61. The summed E-state index contributed by atoms with van der Waals surface area (Å²) in [6.07, 6.45) is 0.794. The Morgan fingerprint density at radius 3 is 3.06 bits per heavy atom. The van der Waals surface area contributed by atoms with Crippen molar-refractivity contribution in [3.8, 4) is 6.07 Å². The second kappa shape index (κ2) is 5.13. The van der Waals surface area contributed by atoms with Crippen LogP contribution in [0.25, 0.3) is 0 Å². The van der Waals surface area contributed by atoms with Crippen LogP contribution in [0.2, 0.25) is 0 Å². The number of aliphatic hydroxyl groups is 1. The largest absolute Gasteiger partial charge is 0.387 e. The lowest BCUT2D eigenvalue weighted by atomic mass is 10.2. The van der Waals surface area contributed by atoms with Gasteiger partial charge in [-0.05, 0) is 19.1 Å². The van der Waals surface area contributed by atoms with E-state index in [4.69, 9.17) is 10.00 Å². The van der Waals surface area contributed by atoms with Gasteiger partial charge in [0.2, 0.25) is 0 Å². The van der Waals surface area contributed by atoms with E-state index in [9.17, 15) is 5.11 Å². The van der Waals surface area contributed by atoms with E-state index in [1.807, 2.05) is 6.07 Å². The van der Waals surface area contributed by atoms with Crippen molar-refractivity contribution in [3.05, 3.63) is 24.0 Å². The number of ether oxygens (including phenoxy) is 1. The number of rotatable bonds is 2. The molecule has 0 amide bonds. The van der Waals surface area contributed by atoms with Crippen LogP contribution in [0.3, 0.4) is 0 Å². The molecular weight excluding hydrogens is 218 g/mol. The van der Waals surface area contributed by atoms with Crippen molar-refractivity contribution >= 4 is 5.69 Å². The maximum Gasteiger partial charge on any atom is 0.161 e. The zero-order valence-electron chi connectivity index (χ0n) is 9.71. The van der Waals surface area contributed by atoms with Crippen molar-refractivity contribution in [1.82, 2.24) is 4.98 Å². The molecule has 0 saturated carbocycles. The third-order valence-corrected chi connectivity index (χ3v) is 2.77. The quantitative estimate of drug-likeness (QED) is 0.820. The van der Waals surface area contributed by atoms with Crippen LogP contribution < -0.4 is 4.90 Å². The molecule has 0 aliphatic carbocycles. The Bertz CT molecular complexity index is 411. The molecule has 5 nitrogen and oxygen atoms in total. The molecule has 1 saturated heterocycles. The first-order valence-electron chi connectivity index (χ1n) is 5.61. The molecule has 90 valence electrons. The highest BCUT2D eigenvalue weighted by atomic mass is 16.5. The fourth-order valence-corrected chi connectivity index (χ4v) is 1.79. The molecule has 0 radical (unpaired) electrons. The summed E-state index contributed by atoms with van der Waals surface area (Å²) in [7, 11) is 0. The lowest BCUT2D eigenvalue weighted by molar-refractivity contribution is 0.0764. The molecule has 1 aliphatic heterocycles. The van der Waals surface area contributed by atoms with Crippen molar-refractivity contribution in [1.29, 1.82) is 5.26 Å². The van der Waals surface area contributed by atoms with Gasteiger partial charge < -0.3 is 14.7 Å². The molecule has 2 heterocycles. The number of nitrogens with zero attached hydrogens (tertiary/aromatic N) is 3. The van der Waals surface area contributed by atoms with Crippen molar-refractivity contribution < 1.29 is 9.84 Å². The molecule has 1 fully saturated rings. The molecule has 2 rings (SSSR count). The van der Waals surface area contributed by atoms with Gasteiger partial charge in [0.05, 0.1) is 42.9 Å². The fraction of sp³-hybridized carbons (Fsp3) is 0.500. The fourth-order valence-electron chi connectivity index (χ4n) is 1.79. The molecule has 0 bridgehead atoms. The SMILES string of the molecule is C[C@H](O)c1ccc(N2CCOC(C#N)C2)cn1. The molecule has 5 heteroatoms. The molecule has 2 atom stereocenters. The van der Waals surface area contributed by atoms with E-state index >= 15 is 0 Å². The molecule has 0 spiro atoms. The van der Waals surface area contributed by atoms with Gasteiger partial charge in [0.15, 0.2) is 6.10 Å². The normalized spacial score (nSPS) is 21.9. The Kier molecular flexibility index (Phi) is 3.57. The van der Waals surface area contributed by atoms with Gasteiger partial charge in [-0.2, -0.15) is 5.26 Å². The van der Waals surface area contributed by atoms with Crippen molar-refractivity contribution in [3.63, 3.8) is 0 Å². The first-order valence-corrected chi connectivity index (χ1v) is 5.61. The minimum Gasteiger partial charge on any atom is -0.387 e. The highest BCUT2D eigenvalue weighted by Crippen LogP contribution is 2.18. The third kappa shape index (κ3) is 2.73. The molecule has 1 N–H and O–H groups in total. The number of aliphatic hydroxyl groups excluding tert-OH is 1. The van der Waals surface area contributed by atoms with E-state index < -0.39 is 6.10 Å². The smallest absolute Gasteiger partial charge is 0.161 e. The monoisotopic (exact) mass is 233 g/mol. The van der Waals surface area contributed by atoms with Crippen LogP contribution in [0, 0.1) is 11.3 Å². The molecule has 1 unspecified atom stereocenters. The van der Waals surface area contributed by atoms with Crippen LogP contribution in [0.5, 0.6) is 0 Å². The minimum absolute atomic E-state index is 0.375. The minimum atomic E-state index is -0.555. The summed E-state index contributed by atoms with van der Waals surface area (Å²) in [6.45, 7) is 3.55. The highest BCUT2D eigenvalue weighted by Gasteiger charge is 2.20. The summed E-state index contributed by atoms with van der Waals surface area (Å²) in [6, 6.07) is 5.82. The van der Waals surface area contributed by atoms with Crippen LogP contribution >= 0.6 is 0 Å². The summed E-state index contributed by atoms with van der Waals surface area (Å²) in [5, 5.41) is 18.2. The molecule has 0 aromatic carbocycles. The lowest BCUT2D eigenvalue weighted by Crippen LogP contribution is -2.41. The Balaban J connectivity index is 2.09. The Morgan fingerprint density at radius 1 is 1.65 bits per heavy atom. The Labute approximate surface area is 100 Å². The van der Waals surface area contributed by atoms with Crippen molar-refractivity contribution in [2.24, 2.45) is 0 Å². The zero-order valence-corrected chi connectivity index (χ0v) is 9.71. The van der Waals surface area contributed by atoms with E-state index in [0.717, 1.165) is 12.2 Å². The molecule has 1 aromatic heterocycles. The van der Waals surface area contributed by atoms with Gasteiger partial charge in [-0.15, -0.1) is 0 Å². The van der Waals surface area contributed by atoms with Crippen molar-refractivity contribution in [2.75, 3.05) is 24.6 Å². The highest BCUT2D eigenvalue weighted by molar-refractivity contribution is 5.45. The molecular formula is C12H15N3O2. The Morgan fingerprint density at radius 2 is 2.47 bits per heavy atom. The average molecular weight is 233 g/mol. The van der Waals surface area contributed by atoms with E-state index in [2.05, 4.69) is 16.0 Å². The van der Waals surface area contributed by atoms with Crippen LogP contribution in [0.1, 0.15) is 18.7 Å². The average Bonchev–Trinajstić information content (AvgIpc) is 2.39. The van der Waals surface area contributed by atoms with Gasteiger partial charge in [-0.3, -0.25) is 4.98 Å². The van der Waals surface area contributed by atoms with Crippen LogP contribution in [-0.2, 0) is 4.74 Å². The zero-order chi connectivity index (χ0) is 12.3. The number of aromatic nitrogens is 1. The van der Waals surface area contributed by atoms with Crippen LogP contribution in [-0.4, -0.2) is 35.9 Å². The maximum atomic E-state index is 9.37. The van der Waals surface area contributed by atoms with E-state index in [-0.39, 0.29) is 6.10 Å². The number of hydrogen-bond acceptors (Lipinski definition) is 5. The van der Waals surface area contributed by atoms with E-state index in [0.29, 0.717) is 18.8 Å². The standard InChI is InChI=1S/C12H15N3O2/c1-9(16)12-3-2-10(7-14-12)15-4-5-17-11(6-13)8-15/h2-3,7,9,11,16H,4-5,8H2,1H3/t9-,11?/m0/s1. The number of pyridine rings is 1. The van der Waals surface area contributed by atoms with E-state index in [1.165, 1.54) is 0 Å². The lowest BCUT2D eigenvalue weighted by Gasteiger charge is -2.31. The van der Waals surface area contributed by atoms with Gasteiger partial charge >= 0.3 is 0 Å². The summed E-state index contributed by atoms with van der Waals surface area (Å²) >= 11 is 0. The second-order valence-corrected chi connectivity index (χ2v) is 4.05. The van der Waals surface area contributed by atoms with Crippen LogP contribution in [0.15, 0.2) is 18.3 Å². The van der Waals surface area contributed by atoms with Crippen molar-refractivity contribution in [2.45, 2.75) is 19.1 Å². The molecule has 1 aliphatic rings. The van der Waals surface area contributed by atoms with Gasteiger partial charge in [0.25, 0.3) is 0 Å². The van der Waals surface area contributed by atoms with Gasteiger partial charge in [-0.1, -0.05) is 0 Å². The van der Waals surface area contributed by atoms with E-state index in [1.54, 1.807) is 19.2 Å². The first-order chi connectivity index (χ1) is 8.20. The predicted molar refractivity (Wildman–Crippen MR) is 62.4 cm³/mol.